The second-order valence-corrected chi connectivity index (χ2v) is 9.66. The first-order valence-electron chi connectivity index (χ1n) is 11.8. The summed E-state index contributed by atoms with van der Waals surface area (Å²) in [5.41, 5.74) is 14.9. The van der Waals surface area contributed by atoms with Crippen LogP contribution in [0.2, 0.25) is 0 Å². The first kappa shape index (κ1) is 23.4. The molecular formula is C24H27F3N6O2. The van der Waals surface area contributed by atoms with Gasteiger partial charge in [-0.15, -0.1) is 0 Å². The molecule has 8 nitrogen and oxygen atoms in total. The summed E-state index contributed by atoms with van der Waals surface area (Å²) in [7, 11) is 0. The van der Waals surface area contributed by atoms with Gasteiger partial charge in [0.25, 0.3) is 0 Å². The summed E-state index contributed by atoms with van der Waals surface area (Å²) >= 11 is 0. The number of amides is 2. The van der Waals surface area contributed by atoms with Crippen molar-refractivity contribution in [3.05, 3.63) is 35.8 Å². The number of hydrogen-bond donors (Lipinski definition) is 2. The topological polar surface area (TPSA) is 118 Å². The lowest BCUT2D eigenvalue weighted by Gasteiger charge is -2.43. The van der Waals surface area contributed by atoms with Crippen molar-refractivity contribution in [3.8, 4) is 11.1 Å². The maximum absolute atomic E-state index is 12.9. The average molecular weight is 489 g/mol. The van der Waals surface area contributed by atoms with E-state index in [-0.39, 0.29) is 24.4 Å². The Morgan fingerprint density at radius 3 is 2.46 bits per heavy atom. The van der Waals surface area contributed by atoms with E-state index in [0.717, 1.165) is 36.9 Å². The van der Waals surface area contributed by atoms with Crippen LogP contribution in [0.25, 0.3) is 11.1 Å². The fourth-order valence-electron chi connectivity index (χ4n) is 4.88. The second kappa shape index (κ2) is 8.69. The molecule has 2 aliphatic carbocycles. The second-order valence-electron chi connectivity index (χ2n) is 9.66. The number of piperazine rings is 1. The molecular weight excluding hydrogens is 461 g/mol. The van der Waals surface area contributed by atoms with Gasteiger partial charge < -0.3 is 21.3 Å². The highest BCUT2D eigenvalue weighted by Gasteiger charge is 2.44. The van der Waals surface area contributed by atoms with E-state index in [1.165, 1.54) is 11.1 Å². The van der Waals surface area contributed by atoms with Gasteiger partial charge in [-0.05, 0) is 43.7 Å². The lowest BCUT2D eigenvalue weighted by atomic mass is 10.00. The van der Waals surface area contributed by atoms with Crippen LogP contribution in [0.4, 0.5) is 24.7 Å². The predicted molar refractivity (Wildman–Crippen MR) is 123 cm³/mol. The molecule has 186 valence electrons. The van der Waals surface area contributed by atoms with Crippen LogP contribution >= 0.6 is 0 Å². The van der Waals surface area contributed by atoms with E-state index < -0.39 is 24.4 Å². The molecule has 3 aliphatic rings. The Bertz CT molecular complexity index is 1160. The zero-order chi connectivity index (χ0) is 24.9. The number of carbonyl (C=O) groups excluding carboxylic acids is 2. The number of alkyl halides is 3. The molecule has 4 N–H and O–H groups in total. The molecule has 2 saturated carbocycles. The molecule has 2 amide bonds. The molecule has 3 heterocycles. The summed E-state index contributed by atoms with van der Waals surface area (Å²) in [6.07, 6.45) is 0.847. The van der Waals surface area contributed by atoms with Gasteiger partial charge in [0.15, 0.2) is 5.82 Å². The van der Waals surface area contributed by atoms with Crippen LogP contribution in [0, 0.1) is 5.92 Å². The molecule has 35 heavy (non-hydrogen) atoms. The maximum Gasteiger partial charge on any atom is 0.397 e. The molecule has 1 saturated heterocycles. The Labute approximate surface area is 200 Å². The fourth-order valence-corrected chi connectivity index (χ4v) is 4.88. The molecule has 5 rings (SSSR count). The molecule has 0 aromatic carbocycles. The van der Waals surface area contributed by atoms with Gasteiger partial charge in [-0.3, -0.25) is 14.6 Å². The van der Waals surface area contributed by atoms with Gasteiger partial charge in [0.05, 0.1) is 23.0 Å². The van der Waals surface area contributed by atoms with Crippen LogP contribution in [-0.2, 0) is 4.79 Å². The number of halogens is 3. The fraction of sp³-hybridized carbons (Fsp3) is 0.500. The van der Waals surface area contributed by atoms with Gasteiger partial charge in [-0.25, -0.2) is 4.98 Å². The highest BCUT2D eigenvalue weighted by atomic mass is 19.4. The first-order valence-corrected chi connectivity index (χ1v) is 11.8. The molecule has 2 aromatic rings. The van der Waals surface area contributed by atoms with Gasteiger partial charge >= 0.3 is 6.18 Å². The van der Waals surface area contributed by atoms with Crippen LogP contribution in [0.1, 0.15) is 54.1 Å². The van der Waals surface area contributed by atoms with E-state index in [1.54, 1.807) is 12.3 Å². The monoisotopic (exact) mass is 488 g/mol. The average Bonchev–Trinajstić information content (AvgIpc) is 3.70. The minimum atomic E-state index is -4.52. The minimum absolute atomic E-state index is 0.195. The van der Waals surface area contributed by atoms with Crippen LogP contribution in [0.3, 0.4) is 0 Å². The van der Waals surface area contributed by atoms with Gasteiger partial charge in [0.1, 0.15) is 6.42 Å². The van der Waals surface area contributed by atoms with Crippen LogP contribution < -0.4 is 16.4 Å². The molecule has 2 aromatic heterocycles. The quantitative estimate of drug-likeness (QED) is 0.645. The SMILES string of the molecule is NC(=O)c1cncc(-c2cc(N)c(N3CCN(C(=O)CC(F)(F)F)[C@H](C4CC4)C3)nc2C2CC2)c1. The highest BCUT2D eigenvalue weighted by Crippen LogP contribution is 2.46. The Morgan fingerprint density at radius 2 is 1.83 bits per heavy atom. The number of nitrogens with zero attached hydrogens (tertiary/aromatic N) is 4. The standard InChI is InChI=1S/C24H27F3N6O2/c25-24(26,27)9-20(34)33-6-5-32(12-19(33)13-1-2-13)23-18(28)8-17(21(31-23)14-3-4-14)15-7-16(22(29)35)11-30-10-15/h7-8,10-11,13-14,19H,1-6,9,12,28H2,(H2,29,35)/t19-/m0/s1. The number of rotatable bonds is 6. The number of hydrogen-bond acceptors (Lipinski definition) is 6. The predicted octanol–water partition coefficient (Wildman–Crippen LogP) is 3.08. The van der Waals surface area contributed by atoms with E-state index in [1.807, 2.05) is 11.0 Å². The van der Waals surface area contributed by atoms with Crippen molar-refractivity contribution in [1.29, 1.82) is 0 Å². The van der Waals surface area contributed by atoms with E-state index in [9.17, 15) is 22.8 Å². The minimum Gasteiger partial charge on any atom is -0.396 e. The lowest BCUT2D eigenvalue weighted by molar-refractivity contribution is -0.163. The third-order valence-electron chi connectivity index (χ3n) is 6.91. The van der Waals surface area contributed by atoms with E-state index in [4.69, 9.17) is 16.5 Å². The molecule has 3 fully saturated rings. The molecule has 1 atom stereocenters. The molecule has 0 unspecified atom stereocenters. The number of nitrogens with two attached hydrogens (primary N) is 2. The van der Waals surface area contributed by atoms with Gasteiger partial charge in [-0.2, -0.15) is 13.2 Å². The molecule has 0 radical (unpaired) electrons. The smallest absolute Gasteiger partial charge is 0.396 e. The summed E-state index contributed by atoms with van der Waals surface area (Å²) in [5, 5.41) is 0. The van der Waals surface area contributed by atoms with Gasteiger partial charge in [0.2, 0.25) is 11.8 Å². The largest absolute Gasteiger partial charge is 0.397 e. The third kappa shape index (κ3) is 5.03. The lowest BCUT2D eigenvalue weighted by Crippen LogP contribution is -2.57. The summed E-state index contributed by atoms with van der Waals surface area (Å²) in [6.45, 7) is 0.947. The van der Waals surface area contributed by atoms with Crippen LogP contribution in [0.5, 0.6) is 0 Å². The molecule has 0 bridgehead atoms. The number of nitrogen functional groups attached to an aromatic ring is 1. The van der Waals surface area contributed by atoms with Gasteiger partial charge in [-0.1, -0.05) is 0 Å². The Balaban J connectivity index is 1.44. The highest BCUT2D eigenvalue weighted by molar-refractivity contribution is 5.94. The number of aromatic nitrogens is 2. The molecule has 0 spiro atoms. The van der Waals surface area contributed by atoms with E-state index in [2.05, 4.69) is 4.98 Å². The van der Waals surface area contributed by atoms with Crippen molar-refractivity contribution in [3.63, 3.8) is 0 Å². The summed E-state index contributed by atoms with van der Waals surface area (Å²) in [5.74, 6) is -0.403. The Hall–Kier alpha value is -3.37. The van der Waals surface area contributed by atoms with Crippen LogP contribution in [0.15, 0.2) is 24.5 Å². The van der Waals surface area contributed by atoms with Gasteiger partial charge in [0, 0.05) is 49.1 Å². The van der Waals surface area contributed by atoms with E-state index >= 15 is 0 Å². The van der Waals surface area contributed by atoms with Crippen molar-refractivity contribution in [2.75, 3.05) is 30.3 Å². The van der Waals surface area contributed by atoms with Crippen molar-refractivity contribution in [1.82, 2.24) is 14.9 Å². The van der Waals surface area contributed by atoms with E-state index in [0.29, 0.717) is 35.7 Å². The van der Waals surface area contributed by atoms with Crippen molar-refractivity contribution in [2.45, 2.75) is 50.2 Å². The molecule has 1 aliphatic heterocycles. The first-order chi connectivity index (χ1) is 16.6. The normalized spacial score (nSPS) is 20.7. The Kier molecular flexibility index (Phi) is 5.80. The summed E-state index contributed by atoms with van der Waals surface area (Å²) in [6, 6.07) is 3.21. The third-order valence-corrected chi connectivity index (χ3v) is 6.91. The maximum atomic E-state index is 12.9. The zero-order valence-electron chi connectivity index (χ0n) is 19.1. The van der Waals surface area contributed by atoms with Crippen molar-refractivity contribution in [2.24, 2.45) is 11.7 Å². The number of primary amides is 1. The Morgan fingerprint density at radius 1 is 1.09 bits per heavy atom. The van der Waals surface area contributed by atoms with Crippen molar-refractivity contribution < 1.29 is 22.8 Å². The number of pyridine rings is 2. The summed E-state index contributed by atoms with van der Waals surface area (Å²) < 4.78 is 38.6. The molecule has 11 heteroatoms. The number of carbonyl (C=O) groups is 2. The summed E-state index contributed by atoms with van der Waals surface area (Å²) in [4.78, 5) is 36.5. The van der Waals surface area contributed by atoms with Crippen LogP contribution in [-0.4, -0.2) is 58.5 Å². The zero-order valence-corrected chi connectivity index (χ0v) is 19.1. The van der Waals surface area contributed by atoms with Crippen molar-refractivity contribution >= 4 is 23.3 Å². The number of anilines is 2.